The average Bonchev–Trinajstić information content (AvgIpc) is 3.63. The molecule has 1 amide bonds. The number of anilines is 1. The first-order chi connectivity index (χ1) is 15.3. The predicted molar refractivity (Wildman–Crippen MR) is 114 cm³/mol. The van der Waals surface area contributed by atoms with Crippen LogP contribution in [0.25, 0.3) is 6.08 Å². The van der Waals surface area contributed by atoms with E-state index in [0.717, 1.165) is 24.5 Å². The Hall–Kier alpha value is -2.94. The summed E-state index contributed by atoms with van der Waals surface area (Å²) in [5.74, 6) is 0.522. The summed E-state index contributed by atoms with van der Waals surface area (Å²) >= 11 is 0. The lowest BCUT2D eigenvalue weighted by Crippen LogP contribution is -2.34. The largest absolute Gasteiger partial charge is 0.416 e. The summed E-state index contributed by atoms with van der Waals surface area (Å²) < 4.78 is 39.6. The Kier molecular flexibility index (Phi) is 6.45. The smallest absolute Gasteiger partial charge is 0.391 e. The zero-order valence-electron chi connectivity index (χ0n) is 17.5. The number of alkyl halides is 3. The molecule has 1 aliphatic heterocycles. The molecule has 2 aliphatic rings. The van der Waals surface area contributed by atoms with Crippen molar-refractivity contribution in [1.82, 2.24) is 15.5 Å². The Balaban J connectivity index is 1.33. The molecule has 1 aromatic carbocycles. The highest BCUT2D eigenvalue weighted by Gasteiger charge is 2.32. The molecule has 1 atom stereocenters. The minimum atomic E-state index is -4.38. The number of halogens is 3. The first-order valence-electron chi connectivity index (χ1n) is 10.7. The van der Waals surface area contributed by atoms with Crippen molar-refractivity contribution in [3.63, 3.8) is 0 Å². The van der Waals surface area contributed by atoms with Crippen LogP contribution in [-0.4, -0.2) is 46.9 Å². The SMILES string of the molecule is O=C(NCC(O)C1CC1)c1ccc(N2CCC(=Cc3ccccc3C(F)(F)F)CC2)nn1. The van der Waals surface area contributed by atoms with Crippen LogP contribution in [0.4, 0.5) is 19.0 Å². The van der Waals surface area contributed by atoms with Crippen LogP contribution < -0.4 is 10.2 Å². The van der Waals surface area contributed by atoms with Crippen LogP contribution in [0.1, 0.15) is 47.3 Å². The number of aliphatic hydroxyl groups excluding tert-OH is 1. The second-order valence-corrected chi connectivity index (χ2v) is 8.27. The van der Waals surface area contributed by atoms with E-state index in [1.165, 1.54) is 12.1 Å². The lowest BCUT2D eigenvalue weighted by Gasteiger charge is -2.29. The number of hydrogen-bond acceptors (Lipinski definition) is 5. The van der Waals surface area contributed by atoms with Crippen LogP contribution in [0.5, 0.6) is 0 Å². The summed E-state index contributed by atoms with van der Waals surface area (Å²) in [6.45, 7) is 1.41. The van der Waals surface area contributed by atoms with Crippen molar-refractivity contribution in [1.29, 1.82) is 0 Å². The zero-order valence-corrected chi connectivity index (χ0v) is 17.5. The molecule has 2 heterocycles. The fourth-order valence-electron chi connectivity index (χ4n) is 3.82. The number of rotatable bonds is 6. The van der Waals surface area contributed by atoms with Gasteiger partial charge in [0.25, 0.3) is 5.91 Å². The Morgan fingerprint density at radius 1 is 1.16 bits per heavy atom. The molecule has 170 valence electrons. The van der Waals surface area contributed by atoms with Crippen molar-refractivity contribution in [2.75, 3.05) is 24.5 Å². The number of piperidine rings is 1. The van der Waals surface area contributed by atoms with Gasteiger partial charge in [0.2, 0.25) is 0 Å². The lowest BCUT2D eigenvalue weighted by molar-refractivity contribution is -0.137. The molecule has 2 fully saturated rings. The van der Waals surface area contributed by atoms with Gasteiger partial charge in [-0.25, -0.2) is 0 Å². The van der Waals surface area contributed by atoms with Crippen molar-refractivity contribution in [3.8, 4) is 0 Å². The number of aromatic nitrogens is 2. The second kappa shape index (κ2) is 9.28. The average molecular weight is 446 g/mol. The summed E-state index contributed by atoms with van der Waals surface area (Å²) in [5, 5.41) is 20.7. The molecule has 2 aromatic rings. The lowest BCUT2D eigenvalue weighted by atomic mass is 9.98. The minimum Gasteiger partial charge on any atom is -0.391 e. The molecule has 32 heavy (non-hydrogen) atoms. The van der Waals surface area contributed by atoms with Crippen LogP contribution >= 0.6 is 0 Å². The molecule has 1 unspecified atom stereocenters. The van der Waals surface area contributed by atoms with Gasteiger partial charge in [-0.05, 0) is 55.4 Å². The van der Waals surface area contributed by atoms with Gasteiger partial charge in [0, 0.05) is 19.6 Å². The van der Waals surface area contributed by atoms with Crippen molar-refractivity contribution in [3.05, 3.63) is 58.8 Å². The molecule has 1 saturated heterocycles. The molecule has 1 aliphatic carbocycles. The minimum absolute atomic E-state index is 0.179. The Labute approximate surface area is 184 Å². The van der Waals surface area contributed by atoms with E-state index >= 15 is 0 Å². The van der Waals surface area contributed by atoms with Crippen molar-refractivity contribution in [2.45, 2.75) is 38.0 Å². The van der Waals surface area contributed by atoms with Crippen molar-refractivity contribution < 1.29 is 23.1 Å². The van der Waals surface area contributed by atoms with Gasteiger partial charge in [-0.3, -0.25) is 4.79 Å². The fourth-order valence-corrected chi connectivity index (χ4v) is 3.82. The molecule has 6 nitrogen and oxygen atoms in total. The van der Waals surface area contributed by atoms with E-state index in [2.05, 4.69) is 15.5 Å². The standard InChI is InChI=1S/C23H25F3N4O2/c24-23(25,26)18-4-2-1-3-17(18)13-15-9-11-30(12-10-15)21-8-7-19(28-29-21)22(32)27-14-20(31)16-5-6-16/h1-4,7-8,13,16,20,31H,5-6,9-12,14H2,(H,27,32). The summed E-state index contributed by atoms with van der Waals surface area (Å²) in [6.07, 6.45) is -0.0432. The summed E-state index contributed by atoms with van der Waals surface area (Å²) in [5.41, 5.74) is 0.693. The Morgan fingerprint density at radius 3 is 2.50 bits per heavy atom. The molecule has 0 spiro atoms. The third-order valence-corrected chi connectivity index (χ3v) is 5.88. The molecule has 1 aromatic heterocycles. The second-order valence-electron chi connectivity index (χ2n) is 8.27. The normalized spacial score (nSPS) is 17.8. The van der Waals surface area contributed by atoms with Crippen molar-refractivity contribution >= 4 is 17.8 Å². The van der Waals surface area contributed by atoms with Gasteiger partial charge in [0.15, 0.2) is 11.5 Å². The number of nitrogens with zero attached hydrogens (tertiary/aromatic N) is 3. The highest BCUT2D eigenvalue weighted by Crippen LogP contribution is 2.34. The number of nitrogens with one attached hydrogen (secondary N) is 1. The Morgan fingerprint density at radius 2 is 1.88 bits per heavy atom. The number of carbonyl (C=O) groups excluding carboxylic acids is 1. The van der Waals surface area contributed by atoms with E-state index in [-0.39, 0.29) is 29.6 Å². The summed E-state index contributed by atoms with van der Waals surface area (Å²) in [7, 11) is 0. The quantitative estimate of drug-likeness (QED) is 0.708. The monoisotopic (exact) mass is 446 g/mol. The van der Waals surface area contributed by atoms with E-state index in [1.54, 1.807) is 24.3 Å². The third-order valence-electron chi connectivity index (χ3n) is 5.88. The maximum Gasteiger partial charge on any atom is 0.416 e. The molecular formula is C23H25F3N4O2. The number of benzene rings is 1. The predicted octanol–water partition coefficient (Wildman–Crippen LogP) is 3.68. The molecular weight excluding hydrogens is 421 g/mol. The van der Waals surface area contributed by atoms with Gasteiger partial charge in [0.1, 0.15) is 0 Å². The van der Waals surface area contributed by atoms with E-state index < -0.39 is 17.8 Å². The van der Waals surface area contributed by atoms with Gasteiger partial charge in [0.05, 0.1) is 11.7 Å². The number of amides is 1. The van der Waals surface area contributed by atoms with Gasteiger partial charge in [-0.15, -0.1) is 10.2 Å². The van der Waals surface area contributed by atoms with Crippen LogP contribution in [-0.2, 0) is 6.18 Å². The maximum atomic E-state index is 13.2. The maximum absolute atomic E-state index is 13.2. The highest BCUT2D eigenvalue weighted by atomic mass is 19.4. The molecule has 0 radical (unpaired) electrons. The first kappa shape index (κ1) is 22.3. The van der Waals surface area contributed by atoms with Crippen LogP contribution in [0.3, 0.4) is 0 Å². The van der Waals surface area contributed by atoms with E-state index in [0.29, 0.717) is 31.7 Å². The van der Waals surface area contributed by atoms with Gasteiger partial charge in [-0.1, -0.05) is 29.8 Å². The molecule has 1 saturated carbocycles. The van der Waals surface area contributed by atoms with Gasteiger partial charge < -0.3 is 15.3 Å². The molecule has 2 N–H and O–H groups in total. The van der Waals surface area contributed by atoms with E-state index in [9.17, 15) is 23.1 Å². The third kappa shape index (κ3) is 5.45. The summed E-state index contributed by atoms with van der Waals surface area (Å²) in [6, 6.07) is 8.89. The van der Waals surface area contributed by atoms with Crippen LogP contribution in [0, 0.1) is 5.92 Å². The first-order valence-corrected chi connectivity index (χ1v) is 10.7. The molecule has 4 rings (SSSR count). The van der Waals surface area contributed by atoms with Gasteiger partial charge >= 0.3 is 6.18 Å². The number of hydrogen-bond donors (Lipinski definition) is 2. The van der Waals surface area contributed by atoms with Crippen LogP contribution in [0.2, 0.25) is 0 Å². The van der Waals surface area contributed by atoms with Gasteiger partial charge in [-0.2, -0.15) is 13.2 Å². The van der Waals surface area contributed by atoms with E-state index in [4.69, 9.17) is 0 Å². The Bertz CT molecular complexity index is 977. The number of aliphatic hydroxyl groups is 1. The van der Waals surface area contributed by atoms with Crippen molar-refractivity contribution in [2.24, 2.45) is 5.92 Å². The van der Waals surface area contributed by atoms with Crippen LogP contribution in [0.15, 0.2) is 42.0 Å². The van der Waals surface area contributed by atoms with E-state index in [1.807, 2.05) is 4.90 Å². The topological polar surface area (TPSA) is 78.4 Å². The molecule has 0 bridgehead atoms. The fraction of sp³-hybridized carbons (Fsp3) is 0.435. The molecule has 9 heteroatoms. The summed E-state index contributed by atoms with van der Waals surface area (Å²) in [4.78, 5) is 14.2. The highest BCUT2D eigenvalue weighted by molar-refractivity contribution is 5.92. The number of carbonyl (C=O) groups is 1. The zero-order chi connectivity index (χ0) is 22.7.